The number of aromatic nitrogens is 1. The third kappa shape index (κ3) is 4.64. The van der Waals surface area contributed by atoms with Crippen LogP contribution in [0.3, 0.4) is 0 Å². The molecule has 0 bridgehead atoms. The van der Waals surface area contributed by atoms with Crippen LogP contribution in [0, 0.1) is 5.82 Å². The SMILES string of the molecule is CCC1CN(c2ccccn2)CC2(CCN(C(=O)c3ccc(C(C)(C)O)c(F)c3)CC2)O1.[HH]. The highest BCUT2D eigenvalue weighted by atomic mass is 19.1. The van der Waals surface area contributed by atoms with Crippen molar-refractivity contribution < 1.29 is 20.5 Å². The van der Waals surface area contributed by atoms with Crippen molar-refractivity contribution in [1.29, 1.82) is 0 Å². The molecule has 6 nitrogen and oxygen atoms in total. The van der Waals surface area contributed by atoms with Gasteiger partial charge in [0.15, 0.2) is 0 Å². The van der Waals surface area contributed by atoms with Gasteiger partial charge in [-0.15, -0.1) is 0 Å². The number of ether oxygens (including phenoxy) is 1. The quantitative estimate of drug-likeness (QED) is 0.774. The summed E-state index contributed by atoms with van der Waals surface area (Å²) in [7, 11) is 0. The number of hydrogen-bond donors (Lipinski definition) is 1. The highest BCUT2D eigenvalue weighted by Gasteiger charge is 2.43. The van der Waals surface area contributed by atoms with Crippen LogP contribution in [0.5, 0.6) is 0 Å². The Morgan fingerprint density at radius 2 is 2.06 bits per heavy atom. The maximum Gasteiger partial charge on any atom is 0.253 e. The number of hydrogen-bond acceptors (Lipinski definition) is 5. The molecule has 1 spiro atoms. The number of anilines is 1. The maximum absolute atomic E-state index is 14.5. The number of aliphatic hydroxyl groups is 1. The van der Waals surface area contributed by atoms with Gasteiger partial charge in [-0.05, 0) is 57.4 Å². The van der Waals surface area contributed by atoms with Gasteiger partial charge in [0, 0.05) is 44.9 Å². The van der Waals surface area contributed by atoms with Gasteiger partial charge in [0.2, 0.25) is 0 Å². The van der Waals surface area contributed by atoms with Gasteiger partial charge < -0.3 is 19.6 Å². The fourth-order valence-corrected chi connectivity index (χ4v) is 4.73. The van der Waals surface area contributed by atoms with Crippen molar-refractivity contribution >= 4 is 11.7 Å². The van der Waals surface area contributed by atoms with Crippen molar-refractivity contribution in [2.45, 2.75) is 57.3 Å². The van der Waals surface area contributed by atoms with Crippen LogP contribution in [0.15, 0.2) is 42.6 Å². The average Bonchev–Trinajstić information content (AvgIpc) is 2.78. The Hall–Kier alpha value is -2.51. The zero-order chi connectivity index (χ0) is 22.9. The summed E-state index contributed by atoms with van der Waals surface area (Å²) in [6.45, 7) is 7.85. The second-order valence-corrected chi connectivity index (χ2v) is 9.45. The summed E-state index contributed by atoms with van der Waals surface area (Å²) in [5.74, 6) is 0.198. The van der Waals surface area contributed by atoms with Gasteiger partial charge in [-0.2, -0.15) is 0 Å². The van der Waals surface area contributed by atoms with Gasteiger partial charge in [-0.25, -0.2) is 9.37 Å². The van der Waals surface area contributed by atoms with Gasteiger partial charge in [-0.1, -0.05) is 19.1 Å². The van der Waals surface area contributed by atoms with Gasteiger partial charge in [0.25, 0.3) is 5.91 Å². The molecule has 1 atom stereocenters. The Kier molecular flexibility index (Phi) is 6.23. The number of benzene rings is 1. The average molecular weight is 444 g/mol. The third-order valence-electron chi connectivity index (χ3n) is 6.59. The summed E-state index contributed by atoms with van der Waals surface area (Å²) in [4.78, 5) is 21.6. The Morgan fingerprint density at radius 3 is 2.66 bits per heavy atom. The van der Waals surface area contributed by atoms with Crippen molar-refractivity contribution in [3.05, 3.63) is 59.5 Å². The van der Waals surface area contributed by atoms with E-state index in [9.17, 15) is 14.3 Å². The van der Waals surface area contributed by atoms with Crippen LogP contribution in [0.25, 0.3) is 0 Å². The minimum Gasteiger partial charge on any atom is -0.386 e. The van der Waals surface area contributed by atoms with E-state index in [0.29, 0.717) is 18.7 Å². The van der Waals surface area contributed by atoms with E-state index in [4.69, 9.17) is 4.74 Å². The number of halogens is 1. The number of likely N-dealkylation sites (tertiary alicyclic amines) is 1. The molecule has 3 heterocycles. The fourth-order valence-electron chi connectivity index (χ4n) is 4.73. The molecule has 0 radical (unpaired) electrons. The summed E-state index contributed by atoms with van der Waals surface area (Å²) in [5, 5.41) is 10.1. The topological polar surface area (TPSA) is 65.9 Å². The van der Waals surface area contributed by atoms with Crippen LogP contribution >= 0.6 is 0 Å². The number of carbonyl (C=O) groups is 1. The molecule has 1 unspecified atom stereocenters. The van der Waals surface area contributed by atoms with Crippen molar-refractivity contribution in [2.24, 2.45) is 0 Å². The van der Waals surface area contributed by atoms with Crippen LogP contribution in [0.2, 0.25) is 0 Å². The lowest BCUT2D eigenvalue weighted by atomic mass is 9.87. The molecule has 1 aromatic carbocycles. The molecular formula is C25H34FN3O3. The smallest absolute Gasteiger partial charge is 0.253 e. The van der Waals surface area contributed by atoms with Crippen LogP contribution in [0.1, 0.15) is 57.4 Å². The number of amides is 1. The Balaban J connectivity index is 0.00000306. The normalized spacial score (nSPS) is 21.1. The largest absolute Gasteiger partial charge is 0.386 e. The monoisotopic (exact) mass is 443 g/mol. The standard InChI is InChI=1S/C25H32FN3O3.H2/c1-4-19-16-29(22-7-5-6-12-27-22)17-25(32-19)10-13-28(14-11-25)23(30)18-8-9-20(21(26)15-18)24(2,3)31;/h5-9,12,15,19,31H,4,10-11,13-14,16-17H2,1-3H3;1H. The lowest BCUT2D eigenvalue weighted by Gasteiger charge is -2.50. The van der Waals surface area contributed by atoms with E-state index >= 15 is 0 Å². The molecule has 174 valence electrons. The van der Waals surface area contributed by atoms with E-state index in [1.54, 1.807) is 11.0 Å². The summed E-state index contributed by atoms with van der Waals surface area (Å²) in [6, 6.07) is 10.3. The Morgan fingerprint density at radius 1 is 1.31 bits per heavy atom. The summed E-state index contributed by atoms with van der Waals surface area (Å²) >= 11 is 0. The van der Waals surface area contributed by atoms with Crippen LogP contribution in [-0.4, -0.2) is 58.8 Å². The summed E-state index contributed by atoms with van der Waals surface area (Å²) in [6.07, 6.45) is 4.30. The lowest BCUT2D eigenvalue weighted by molar-refractivity contribution is -0.130. The molecular weight excluding hydrogens is 409 g/mol. The number of morpholine rings is 1. The van der Waals surface area contributed by atoms with E-state index in [1.165, 1.54) is 26.0 Å². The van der Waals surface area contributed by atoms with Gasteiger partial charge in [-0.3, -0.25) is 4.79 Å². The van der Waals surface area contributed by atoms with Gasteiger partial charge in [0.1, 0.15) is 11.6 Å². The number of carbonyl (C=O) groups excluding carboxylic acids is 1. The first kappa shape index (κ1) is 22.7. The van der Waals surface area contributed by atoms with E-state index in [0.717, 1.165) is 38.2 Å². The molecule has 7 heteroatoms. The molecule has 4 rings (SSSR count). The van der Waals surface area contributed by atoms with Gasteiger partial charge in [0.05, 0.1) is 17.3 Å². The first-order chi connectivity index (χ1) is 15.2. The zero-order valence-electron chi connectivity index (χ0n) is 19.1. The molecule has 1 amide bonds. The van der Waals surface area contributed by atoms with Crippen LogP contribution in [-0.2, 0) is 10.3 Å². The van der Waals surface area contributed by atoms with Crippen molar-refractivity contribution in [2.75, 3.05) is 31.1 Å². The molecule has 1 aromatic heterocycles. The van der Waals surface area contributed by atoms with E-state index in [-0.39, 0.29) is 24.6 Å². The zero-order valence-corrected chi connectivity index (χ0v) is 19.1. The number of piperidine rings is 1. The molecule has 0 aliphatic carbocycles. The first-order valence-corrected chi connectivity index (χ1v) is 11.4. The Bertz CT molecular complexity index is 959. The molecule has 32 heavy (non-hydrogen) atoms. The van der Waals surface area contributed by atoms with E-state index < -0.39 is 11.4 Å². The first-order valence-electron chi connectivity index (χ1n) is 11.4. The number of nitrogens with zero attached hydrogens (tertiary/aromatic N) is 3. The molecule has 2 fully saturated rings. The summed E-state index contributed by atoms with van der Waals surface area (Å²) < 4.78 is 21.0. The van der Waals surface area contributed by atoms with Crippen LogP contribution < -0.4 is 4.90 Å². The molecule has 0 saturated carbocycles. The number of rotatable bonds is 4. The second-order valence-electron chi connectivity index (χ2n) is 9.45. The Labute approximate surface area is 190 Å². The minimum atomic E-state index is -1.29. The highest BCUT2D eigenvalue weighted by molar-refractivity contribution is 5.94. The minimum absolute atomic E-state index is 0. The summed E-state index contributed by atoms with van der Waals surface area (Å²) in [5.41, 5.74) is -1.12. The molecule has 2 aromatic rings. The fraction of sp³-hybridized carbons (Fsp3) is 0.520. The van der Waals surface area contributed by atoms with Crippen molar-refractivity contribution in [1.82, 2.24) is 9.88 Å². The lowest BCUT2D eigenvalue weighted by Crippen LogP contribution is -2.60. The third-order valence-corrected chi connectivity index (χ3v) is 6.59. The van der Waals surface area contributed by atoms with E-state index in [1.807, 2.05) is 24.4 Å². The molecule has 1 N–H and O–H groups in total. The molecule has 2 saturated heterocycles. The predicted molar refractivity (Wildman–Crippen MR) is 123 cm³/mol. The van der Waals surface area contributed by atoms with Crippen molar-refractivity contribution in [3.8, 4) is 0 Å². The molecule has 2 aliphatic heterocycles. The van der Waals surface area contributed by atoms with Gasteiger partial charge >= 0.3 is 0 Å². The maximum atomic E-state index is 14.5. The number of pyridine rings is 1. The van der Waals surface area contributed by atoms with E-state index in [2.05, 4.69) is 16.8 Å². The van der Waals surface area contributed by atoms with Crippen molar-refractivity contribution in [3.63, 3.8) is 0 Å². The predicted octanol–water partition coefficient (Wildman–Crippen LogP) is 3.98. The molecule has 2 aliphatic rings. The highest BCUT2D eigenvalue weighted by Crippen LogP contribution is 2.35. The van der Waals surface area contributed by atoms with Crippen LogP contribution in [0.4, 0.5) is 10.2 Å². The second kappa shape index (κ2) is 8.79.